The maximum Gasteiger partial charge on any atom is 0.228 e. The van der Waals surface area contributed by atoms with Gasteiger partial charge in [-0.05, 0) is 30.5 Å². The first-order valence-corrected chi connectivity index (χ1v) is 10.6. The van der Waals surface area contributed by atoms with Crippen LogP contribution in [0, 0.1) is 5.92 Å². The Morgan fingerprint density at radius 3 is 2.59 bits per heavy atom. The number of nitrogens with one attached hydrogen (secondary N) is 1. The fourth-order valence-corrected chi connectivity index (χ4v) is 4.88. The lowest BCUT2D eigenvalue weighted by molar-refractivity contribution is -0.120. The van der Waals surface area contributed by atoms with Crippen LogP contribution in [-0.2, 0) is 20.6 Å². The first kappa shape index (κ1) is 19.4. The molecule has 1 heterocycles. The van der Waals surface area contributed by atoms with Crippen LogP contribution in [0.5, 0.6) is 5.75 Å². The third-order valence-corrected chi connectivity index (χ3v) is 6.52. The number of carbonyl (C=O) groups excluding carboxylic acids is 1. The molecule has 0 aromatic heterocycles. The molecule has 0 bridgehead atoms. The van der Waals surface area contributed by atoms with Gasteiger partial charge in [-0.1, -0.05) is 42.5 Å². The van der Waals surface area contributed by atoms with Crippen LogP contribution in [-0.4, -0.2) is 38.8 Å². The summed E-state index contributed by atoms with van der Waals surface area (Å²) in [4.78, 5) is 12.7. The average molecular weight is 388 g/mol. The Balaban J connectivity index is 1.67. The van der Waals surface area contributed by atoms with E-state index < -0.39 is 10.0 Å². The van der Waals surface area contributed by atoms with Gasteiger partial charge in [0.25, 0.3) is 0 Å². The van der Waals surface area contributed by atoms with Gasteiger partial charge in [0.1, 0.15) is 5.75 Å². The highest BCUT2D eigenvalue weighted by Crippen LogP contribution is 2.26. The first-order chi connectivity index (χ1) is 13.0. The minimum Gasteiger partial charge on any atom is -0.495 e. The minimum atomic E-state index is -3.46. The van der Waals surface area contributed by atoms with E-state index in [1.165, 1.54) is 4.31 Å². The zero-order valence-electron chi connectivity index (χ0n) is 15.3. The summed E-state index contributed by atoms with van der Waals surface area (Å²) in [6, 6.07) is 16.3. The summed E-state index contributed by atoms with van der Waals surface area (Å²) in [5, 5.41) is 2.87. The number of anilines is 1. The Morgan fingerprint density at radius 1 is 1.15 bits per heavy atom. The van der Waals surface area contributed by atoms with Crippen molar-refractivity contribution in [3.63, 3.8) is 0 Å². The number of amides is 1. The molecule has 1 atom stereocenters. The zero-order chi connectivity index (χ0) is 19.3. The second kappa shape index (κ2) is 8.54. The molecule has 0 spiro atoms. The van der Waals surface area contributed by atoms with Crippen LogP contribution in [0.25, 0.3) is 0 Å². The molecule has 144 valence electrons. The van der Waals surface area contributed by atoms with Crippen LogP contribution in [0.15, 0.2) is 54.6 Å². The topological polar surface area (TPSA) is 75.7 Å². The third kappa shape index (κ3) is 4.87. The van der Waals surface area contributed by atoms with Crippen LogP contribution in [0.4, 0.5) is 5.69 Å². The summed E-state index contributed by atoms with van der Waals surface area (Å²) < 4.78 is 32.2. The van der Waals surface area contributed by atoms with Crippen LogP contribution in [0.1, 0.15) is 18.4 Å². The number of benzene rings is 2. The lowest BCUT2D eigenvalue weighted by Crippen LogP contribution is -2.44. The van der Waals surface area contributed by atoms with Crippen LogP contribution < -0.4 is 10.1 Å². The molecule has 2 aromatic carbocycles. The van der Waals surface area contributed by atoms with E-state index in [0.717, 1.165) is 5.56 Å². The number of para-hydroxylation sites is 2. The molecule has 0 saturated carbocycles. The number of hydrogen-bond donors (Lipinski definition) is 1. The van der Waals surface area contributed by atoms with E-state index >= 15 is 0 Å². The molecule has 27 heavy (non-hydrogen) atoms. The molecule has 1 saturated heterocycles. The zero-order valence-corrected chi connectivity index (χ0v) is 16.1. The lowest BCUT2D eigenvalue weighted by atomic mass is 9.98. The summed E-state index contributed by atoms with van der Waals surface area (Å²) in [7, 11) is -1.91. The highest BCUT2D eigenvalue weighted by atomic mass is 32.2. The SMILES string of the molecule is COc1ccccc1NC(=O)C1CCCN(S(=O)(=O)Cc2ccccc2)C1. The minimum absolute atomic E-state index is 0.0469. The number of piperidine rings is 1. The molecular weight excluding hydrogens is 364 g/mol. The Morgan fingerprint density at radius 2 is 1.85 bits per heavy atom. The summed E-state index contributed by atoms with van der Waals surface area (Å²) in [5.74, 6) is -0.0298. The largest absolute Gasteiger partial charge is 0.495 e. The van der Waals surface area contributed by atoms with Gasteiger partial charge in [-0.25, -0.2) is 12.7 Å². The molecule has 1 unspecified atom stereocenters. The number of rotatable bonds is 6. The van der Waals surface area contributed by atoms with Crippen molar-refractivity contribution < 1.29 is 17.9 Å². The summed E-state index contributed by atoms with van der Waals surface area (Å²) in [5.41, 5.74) is 1.34. The third-order valence-electron chi connectivity index (χ3n) is 4.71. The number of ether oxygens (including phenoxy) is 1. The number of sulfonamides is 1. The smallest absolute Gasteiger partial charge is 0.228 e. The molecule has 1 N–H and O–H groups in total. The number of carbonyl (C=O) groups is 1. The van der Waals surface area contributed by atoms with Crippen molar-refractivity contribution in [1.29, 1.82) is 0 Å². The lowest BCUT2D eigenvalue weighted by Gasteiger charge is -2.31. The van der Waals surface area contributed by atoms with Gasteiger partial charge in [0.05, 0.1) is 24.5 Å². The average Bonchev–Trinajstić information content (AvgIpc) is 2.69. The molecular formula is C20H24N2O4S. The second-order valence-electron chi connectivity index (χ2n) is 6.63. The summed E-state index contributed by atoms with van der Waals surface area (Å²) >= 11 is 0. The normalized spacial score (nSPS) is 18.0. The Hall–Kier alpha value is -2.38. The van der Waals surface area contributed by atoms with Crippen molar-refractivity contribution in [3.05, 3.63) is 60.2 Å². The van der Waals surface area contributed by atoms with E-state index in [9.17, 15) is 13.2 Å². The maximum absolute atomic E-state index is 12.8. The monoisotopic (exact) mass is 388 g/mol. The van der Waals surface area contributed by atoms with E-state index in [4.69, 9.17) is 4.74 Å². The van der Waals surface area contributed by atoms with Gasteiger partial charge < -0.3 is 10.1 Å². The predicted molar refractivity (Wildman–Crippen MR) is 105 cm³/mol. The standard InChI is InChI=1S/C20H24N2O4S/c1-26-19-12-6-5-11-18(19)21-20(23)17-10-7-13-22(14-17)27(24,25)15-16-8-3-2-4-9-16/h2-6,8-9,11-12,17H,7,10,13-15H2,1H3,(H,21,23). The van der Waals surface area contributed by atoms with Gasteiger partial charge in [-0.15, -0.1) is 0 Å². The second-order valence-corrected chi connectivity index (χ2v) is 8.60. The van der Waals surface area contributed by atoms with E-state index in [1.54, 1.807) is 31.4 Å². The molecule has 1 fully saturated rings. The molecule has 0 aliphatic carbocycles. The van der Waals surface area contributed by atoms with Crippen molar-refractivity contribution >= 4 is 21.6 Å². The number of hydrogen-bond acceptors (Lipinski definition) is 4. The molecule has 0 radical (unpaired) electrons. The van der Waals surface area contributed by atoms with E-state index in [0.29, 0.717) is 30.8 Å². The number of methoxy groups -OCH3 is 1. The Bertz CT molecular complexity index is 884. The highest BCUT2D eigenvalue weighted by Gasteiger charge is 2.32. The first-order valence-electron chi connectivity index (χ1n) is 8.95. The van der Waals surface area contributed by atoms with Gasteiger partial charge in [-0.3, -0.25) is 4.79 Å². The van der Waals surface area contributed by atoms with E-state index in [2.05, 4.69) is 5.32 Å². The van der Waals surface area contributed by atoms with Crippen molar-refractivity contribution in [2.24, 2.45) is 5.92 Å². The molecule has 1 aliphatic heterocycles. The Kier molecular flexibility index (Phi) is 6.13. The van der Waals surface area contributed by atoms with Gasteiger partial charge in [0.2, 0.25) is 15.9 Å². The molecule has 7 heteroatoms. The van der Waals surface area contributed by atoms with Crippen molar-refractivity contribution in [2.75, 3.05) is 25.5 Å². The van der Waals surface area contributed by atoms with E-state index in [-0.39, 0.29) is 24.1 Å². The number of nitrogens with zero attached hydrogens (tertiary/aromatic N) is 1. The highest BCUT2D eigenvalue weighted by molar-refractivity contribution is 7.88. The molecule has 1 aliphatic rings. The van der Waals surface area contributed by atoms with Crippen molar-refractivity contribution in [2.45, 2.75) is 18.6 Å². The van der Waals surface area contributed by atoms with Crippen LogP contribution in [0.2, 0.25) is 0 Å². The maximum atomic E-state index is 12.8. The van der Waals surface area contributed by atoms with Crippen molar-refractivity contribution in [3.8, 4) is 5.75 Å². The summed E-state index contributed by atoms with van der Waals surface area (Å²) in [6.45, 7) is 0.657. The van der Waals surface area contributed by atoms with Crippen LogP contribution in [0.3, 0.4) is 0 Å². The molecule has 1 amide bonds. The van der Waals surface area contributed by atoms with Crippen molar-refractivity contribution in [1.82, 2.24) is 4.31 Å². The fraction of sp³-hybridized carbons (Fsp3) is 0.350. The summed E-state index contributed by atoms with van der Waals surface area (Å²) in [6.07, 6.45) is 1.33. The predicted octanol–water partition coefficient (Wildman–Crippen LogP) is 2.88. The van der Waals surface area contributed by atoms with Gasteiger partial charge in [0.15, 0.2) is 0 Å². The van der Waals surface area contributed by atoms with E-state index in [1.807, 2.05) is 30.3 Å². The van der Waals surface area contributed by atoms with Gasteiger partial charge in [-0.2, -0.15) is 0 Å². The molecule has 3 rings (SSSR count). The molecule has 2 aromatic rings. The fourth-order valence-electron chi connectivity index (χ4n) is 3.27. The Labute approximate surface area is 160 Å². The molecule has 6 nitrogen and oxygen atoms in total. The van der Waals surface area contributed by atoms with Crippen LogP contribution >= 0.6 is 0 Å². The van der Waals surface area contributed by atoms with Gasteiger partial charge in [0, 0.05) is 13.1 Å². The quantitative estimate of drug-likeness (QED) is 0.826. The van der Waals surface area contributed by atoms with Gasteiger partial charge >= 0.3 is 0 Å².